The molecule has 0 aromatic carbocycles. The van der Waals surface area contributed by atoms with Crippen molar-refractivity contribution in [2.24, 2.45) is 0 Å². The number of hydrogen-bond donors (Lipinski definition) is 0. The lowest BCUT2D eigenvalue weighted by Crippen LogP contribution is -2.30. The van der Waals surface area contributed by atoms with Gasteiger partial charge in [0.25, 0.3) is 0 Å². The monoisotopic (exact) mass is 967 g/mol. The lowest BCUT2D eigenvalue weighted by molar-refractivity contribution is -0.166. The second-order valence-corrected chi connectivity index (χ2v) is 18.1. The van der Waals surface area contributed by atoms with Gasteiger partial charge in [0.1, 0.15) is 13.2 Å². The van der Waals surface area contributed by atoms with E-state index in [1.807, 2.05) is 12.2 Å². The number of ether oxygens (including phenoxy) is 3. The van der Waals surface area contributed by atoms with Gasteiger partial charge in [-0.3, -0.25) is 14.4 Å². The molecule has 0 aliphatic heterocycles. The largest absolute Gasteiger partial charge is 0.462 e. The van der Waals surface area contributed by atoms with Crippen molar-refractivity contribution >= 4 is 17.9 Å². The van der Waals surface area contributed by atoms with Gasteiger partial charge in [-0.1, -0.05) is 244 Å². The molecule has 0 aliphatic rings. The number of carbonyl (C=O) groups excluding carboxylic acids is 3. The molecule has 0 aromatic heterocycles. The summed E-state index contributed by atoms with van der Waals surface area (Å²) in [5, 5.41) is 0. The maximum absolute atomic E-state index is 12.8. The molecule has 1 atom stereocenters. The molecule has 0 bridgehead atoms. The molecule has 6 heteroatoms. The molecule has 0 radical (unpaired) electrons. The predicted molar refractivity (Wildman–Crippen MR) is 302 cm³/mol. The maximum atomic E-state index is 12.8. The first-order valence-electron chi connectivity index (χ1n) is 28.2. The van der Waals surface area contributed by atoms with Crippen LogP contribution in [0.4, 0.5) is 0 Å². The molecule has 70 heavy (non-hydrogen) atoms. The molecule has 0 saturated heterocycles. The van der Waals surface area contributed by atoms with E-state index >= 15 is 0 Å². The highest BCUT2D eigenvalue weighted by Gasteiger charge is 2.19. The Morgan fingerprint density at radius 3 is 0.957 bits per heavy atom. The van der Waals surface area contributed by atoms with Crippen molar-refractivity contribution in [3.63, 3.8) is 0 Å². The van der Waals surface area contributed by atoms with Crippen LogP contribution < -0.4 is 0 Å². The van der Waals surface area contributed by atoms with Gasteiger partial charge < -0.3 is 14.2 Å². The standard InChI is InChI=1S/C64H102O6/c1-4-7-10-13-16-19-22-25-28-30-32-34-36-39-42-45-48-51-54-57-63(66)69-60-61(59-68-62(65)56-53-50-47-44-41-38-27-24-21-18-15-12-9-6-3)70-64(67)58-55-52-49-46-43-40-37-35-33-31-29-26-23-20-17-14-11-8-5-2/h7-8,10-11,16-17,19-20,25-26,28-29,32-35,39-40,42-43,48,51,61H,4-6,9,12-15,18,21-24,27,30-31,36-38,41,44-47,49-50,52-60H2,1-3H3/b10-7-,11-8-,19-16-,20-17-,28-25-,29-26-,34-32-,35-33-,42-39-,43-40-,51-48-. The van der Waals surface area contributed by atoms with E-state index in [-0.39, 0.29) is 44.0 Å². The van der Waals surface area contributed by atoms with Crippen LogP contribution >= 0.6 is 0 Å². The molecule has 0 saturated carbocycles. The van der Waals surface area contributed by atoms with Gasteiger partial charge in [0.05, 0.1) is 0 Å². The zero-order valence-corrected chi connectivity index (χ0v) is 45.0. The van der Waals surface area contributed by atoms with Crippen LogP contribution in [0.5, 0.6) is 0 Å². The fourth-order valence-electron chi connectivity index (χ4n) is 7.26. The van der Waals surface area contributed by atoms with Crippen molar-refractivity contribution in [3.8, 4) is 0 Å². The summed E-state index contributed by atoms with van der Waals surface area (Å²) in [6.45, 7) is 6.31. The Bertz CT molecular complexity index is 1530. The van der Waals surface area contributed by atoms with Gasteiger partial charge in [0.2, 0.25) is 0 Å². The molecule has 0 aliphatic carbocycles. The summed E-state index contributed by atoms with van der Waals surface area (Å²) in [5.74, 6) is -1.04. The quantitative estimate of drug-likeness (QED) is 0.0262. The number of carbonyl (C=O) groups is 3. The molecule has 394 valence electrons. The normalized spacial score (nSPS) is 13.1. The maximum Gasteiger partial charge on any atom is 0.306 e. The molecule has 0 fully saturated rings. The summed E-state index contributed by atoms with van der Waals surface area (Å²) in [5.41, 5.74) is 0. The molecule has 0 aromatic rings. The van der Waals surface area contributed by atoms with Gasteiger partial charge in [-0.15, -0.1) is 0 Å². The summed E-state index contributed by atoms with van der Waals surface area (Å²) in [6.07, 6.45) is 80.2. The molecule has 0 heterocycles. The van der Waals surface area contributed by atoms with E-state index in [2.05, 4.69) is 142 Å². The molecule has 0 amide bonds. The van der Waals surface area contributed by atoms with Gasteiger partial charge in [-0.25, -0.2) is 0 Å². The summed E-state index contributed by atoms with van der Waals surface area (Å²) >= 11 is 0. The number of rotatable bonds is 49. The van der Waals surface area contributed by atoms with Crippen molar-refractivity contribution in [3.05, 3.63) is 134 Å². The fraction of sp³-hybridized carbons (Fsp3) is 0.609. The first-order valence-corrected chi connectivity index (χ1v) is 28.2. The summed E-state index contributed by atoms with van der Waals surface area (Å²) in [4.78, 5) is 38.1. The third-order valence-corrected chi connectivity index (χ3v) is 11.4. The van der Waals surface area contributed by atoms with Gasteiger partial charge in [0, 0.05) is 19.3 Å². The van der Waals surface area contributed by atoms with Crippen LogP contribution in [0.3, 0.4) is 0 Å². The minimum absolute atomic E-state index is 0.117. The van der Waals surface area contributed by atoms with Crippen LogP contribution in [-0.2, 0) is 28.6 Å². The Morgan fingerprint density at radius 1 is 0.300 bits per heavy atom. The van der Waals surface area contributed by atoms with E-state index in [4.69, 9.17) is 14.2 Å². The van der Waals surface area contributed by atoms with E-state index < -0.39 is 6.10 Å². The van der Waals surface area contributed by atoms with Crippen LogP contribution in [0.25, 0.3) is 0 Å². The Balaban J connectivity index is 4.58. The highest BCUT2D eigenvalue weighted by Crippen LogP contribution is 2.14. The van der Waals surface area contributed by atoms with Crippen molar-refractivity contribution in [1.82, 2.24) is 0 Å². The summed E-state index contributed by atoms with van der Waals surface area (Å²) in [7, 11) is 0. The lowest BCUT2D eigenvalue weighted by Gasteiger charge is -2.18. The number of esters is 3. The highest BCUT2D eigenvalue weighted by atomic mass is 16.6. The SMILES string of the molecule is CC/C=C\C/C=C\C/C=C\C/C=C\C/C=C\C/C=C\CCC(=O)OCC(COC(=O)CCCCCCCCCCCCCCCC)OC(=O)CCCCC/C=C\C/C=C\C/C=C\C/C=C\C/C=C\CC. The van der Waals surface area contributed by atoms with E-state index in [0.717, 1.165) is 109 Å². The van der Waals surface area contributed by atoms with Crippen LogP contribution in [0.2, 0.25) is 0 Å². The van der Waals surface area contributed by atoms with Crippen LogP contribution in [0, 0.1) is 0 Å². The zero-order chi connectivity index (χ0) is 50.7. The molecule has 0 N–H and O–H groups in total. The van der Waals surface area contributed by atoms with Crippen molar-refractivity contribution in [1.29, 1.82) is 0 Å². The smallest absolute Gasteiger partial charge is 0.306 e. The molecule has 0 rings (SSSR count). The van der Waals surface area contributed by atoms with Crippen molar-refractivity contribution < 1.29 is 28.6 Å². The number of unbranched alkanes of at least 4 members (excludes halogenated alkanes) is 16. The van der Waals surface area contributed by atoms with E-state index in [1.165, 1.54) is 70.6 Å². The highest BCUT2D eigenvalue weighted by molar-refractivity contribution is 5.71. The molecule has 0 spiro atoms. The minimum Gasteiger partial charge on any atom is -0.462 e. The van der Waals surface area contributed by atoms with Crippen LogP contribution in [0.1, 0.15) is 233 Å². The van der Waals surface area contributed by atoms with E-state index in [0.29, 0.717) is 19.3 Å². The molecular formula is C64H102O6. The minimum atomic E-state index is -0.830. The third kappa shape index (κ3) is 54.5. The van der Waals surface area contributed by atoms with Gasteiger partial charge in [0.15, 0.2) is 6.10 Å². The Labute approximate surface area is 430 Å². The van der Waals surface area contributed by atoms with Gasteiger partial charge in [-0.2, -0.15) is 0 Å². The Hall–Kier alpha value is -4.45. The average molecular weight is 968 g/mol. The summed E-state index contributed by atoms with van der Waals surface area (Å²) in [6, 6.07) is 0. The van der Waals surface area contributed by atoms with E-state index in [1.54, 1.807) is 0 Å². The Kier molecular flexibility index (Phi) is 53.5. The van der Waals surface area contributed by atoms with Gasteiger partial charge in [-0.05, 0) is 103 Å². The van der Waals surface area contributed by atoms with Crippen molar-refractivity contribution in [2.45, 2.75) is 239 Å². The predicted octanol–water partition coefficient (Wildman–Crippen LogP) is 19.0. The first-order chi connectivity index (χ1) is 34.5. The lowest BCUT2D eigenvalue weighted by atomic mass is 10.0. The number of hydrogen-bond acceptors (Lipinski definition) is 6. The number of allylic oxidation sites excluding steroid dienone is 22. The van der Waals surface area contributed by atoms with Gasteiger partial charge >= 0.3 is 17.9 Å². The fourth-order valence-corrected chi connectivity index (χ4v) is 7.26. The Morgan fingerprint density at radius 2 is 0.586 bits per heavy atom. The van der Waals surface area contributed by atoms with E-state index in [9.17, 15) is 14.4 Å². The third-order valence-electron chi connectivity index (χ3n) is 11.4. The van der Waals surface area contributed by atoms with Crippen LogP contribution in [0.15, 0.2) is 134 Å². The second-order valence-electron chi connectivity index (χ2n) is 18.1. The topological polar surface area (TPSA) is 78.9 Å². The van der Waals surface area contributed by atoms with Crippen LogP contribution in [-0.4, -0.2) is 37.2 Å². The average Bonchev–Trinajstić information content (AvgIpc) is 3.36. The molecule has 6 nitrogen and oxygen atoms in total. The van der Waals surface area contributed by atoms with Crippen molar-refractivity contribution in [2.75, 3.05) is 13.2 Å². The zero-order valence-electron chi connectivity index (χ0n) is 45.0. The first kappa shape index (κ1) is 65.5. The second kappa shape index (κ2) is 57.1. The molecular weight excluding hydrogens is 865 g/mol. The summed E-state index contributed by atoms with van der Waals surface area (Å²) < 4.78 is 16.8. The molecule has 1 unspecified atom stereocenters.